The van der Waals surface area contributed by atoms with Crippen LogP contribution in [-0.4, -0.2) is 17.5 Å². The quantitative estimate of drug-likeness (QED) is 0.439. The van der Waals surface area contributed by atoms with Gasteiger partial charge in [0.15, 0.2) is 6.29 Å². The third-order valence-corrected chi connectivity index (χ3v) is 10.9. The minimum atomic E-state index is -0.273. The van der Waals surface area contributed by atoms with Crippen molar-refractivity contribution in [1.82, 2.24) is 0 Å². The number of allylic oxidation sites excluding steroid dienone is 1. The monoisotopic (exact) mass is 427 g/mol. The molecule has 3 saturated carbocycles. The predicted molar refractivity (Wildman–Crippen MR) is 128 cm³/mol. The standard InChI is InChI=1S/C29H47O2/c1-19(2)7-6-8-20(3)25-11-12-26-24-10-9-21-17-23(31)18-22(14-16-30)29(21,5)27(24)13-15-28(25,26)4/h9,19-20,22-27,31H,6-8,10-15,17-18H2,1-5H3/t20-,22?,23-,24+,25-,26+,27+,28-,29-/m1/s1. The zero-order valence-electron chi connectivity index (χ0n) is 20.8. The van der Waals surface area contributed by atoms with Gasteiger partial charge in [0.25, 0.3) is 0 Å². The van der Waals surface area contributed by atoms with Crippen molar-refractivity contribution >= 4 is 6.29 Å². The fourth-order valence-electron chi connectivity index (χ4n) is 9.30. The van der Waals surface area contributed by atoms with Gasteiger partial charge >= 0.3 is 0 Å². The van der Waals surface area contributed by atoms with Gasteiger partial charge in [-0.15, -0.1) is 0 Å². The lowest BCUT2D eigenvalue weighted by Gasteiger charge is -2.60. The Balaban J connectivity index is 1.54. The number of aliphatic hydroxyl groups is 1. The van der Waals surface area contributed by atoms with Gasteiger partial charge in [-0.2, -0.15) is 0 Å². The molecule has 0 aromatic rings. The van der Waals surface area contributed by atoms with Crippen molar-refractivity contribution in [1.29, 1.82) is 0 Å². The van der Waals surface area contributed by atoms with Gasteiger partial charge in [0.05, 0.1) is 6.10 Å². The van der Waals surface area contributed by atoms with Crippen LogP contribution in [0, 0.1) is 52.3 Å². The molecule has 0 saturated heterocycles. The summed E-state index contributed by atoms with van der Waals surface area (Å²) in [5.41, 5.74) is 2.07. The molecule has 4 aliphatic rings. The molecule has 175 valence electrons. The van der Waals surface area contributed by atoms with E-state index in [9.17, 15) is 9.90 Å². The molecule has 0 spiro atoms. The average Bonchev–Trinajstić information content (AvgIpc) is 3.06. The van der Waals surface area contributed by atoms with Crippen molar-refractivity contribution in [2.45, 2.75) is 111 Å². The van der Waals surface area contributed by atoms with Crippen LogP contribution < -0.4 is 0 Å². The SMILES string of the molecule is CC(C)CCC[C@@H](C)[C@H]1CC[C@H]2[C@@H]3CC=C4C[C@@H](O)CC(C[C]=O)[C@]4(C)[C@H]3CC[C@]12C. The van der Waals surface area contributed by atoms with Gasteiger partial charge < -0.3 is 5.11 Å². The summed E-state index contributed by atoms with van der Waals surface area (Å²) < 4.78 is 0. The first-order chi connectivity index (χ1) is 14.7. The van der Waals surface area contributed by atoms with Gasteiger partial charge in [0, 0.05) is 6.42 Å². The number of fused-ring (bicyclic) bond motifs is 5. The molecule has 2 heteroatoms. The lowest BCUT2D eigenvalue weighted by atomic mass is 9.44. The van der Waals surface area contributed by atoms with Crippen LogP contribution in [-0.2, 0) is 4.79 Å². The highest BCUT2D eigenvalue weighted by molar-refractivity contribution is 5.51. The first-order valence-corrected chi connectivity index (χ1v) is 13.4. The van der Waals surface area contributed by atoms with E-state index in [0.29, 0.717) is 17.8 Å². The van der Waals surface area contributed by atoms with Crippen molar-refractivity contribution in [2.75, 3.05) is 0 Å². The topological polar surface area (TPSA) is 37.3 Å². The number of hydrogen-bond acceptors (Lipinski definition) is 2. The zero-order valence-corrected chi connectivity index (χ0v) is 20.8. The van der Waals surface area contributed by atoms with Crippen molar-refractivity contribution in [3.8, 4) is 0 Å². The minimum absolute atomic E-state index is 0.0991. The van der Waals surface area contributed by atoms with Crippen LogP contribution in [0.4, 0.5) is 0 Å². The number of carbonyl (C=O) groups excluding carboxylic acids is 1. The molecule has 1 radical (unpaired) electrons. The Morgan fingerprint density at radius 1 is 1.13 bits per heavy atom. The Labute approximate surface area is 191 Å². The van der Waals surface area contributed by atoms with Crippen LogP contribution in [0.15, 0.2) is 11.6 Å². The van der Waals surface area contributed by atoms with Crippen LogP contribution in [0.2, 0.25) is 0 Å². The summed E-state index contributed by atoms with van der Waals surface area (Å²) in [7, 11) is 0. The summed E-state index contributed by atoms with van der Waals surface area (Å²) in [4.78, 5) is 11.4. The maximum Gasteiger partial charge on any atom is 0.198 e. The summed E-state index contributed by atoms with van der Waals surface area (Å²) in [6, 6.07) is 0. The Hall–Kier alpha value is -0.630. The number of aliphatic hydroxyl groups excluding tert-OH is 1. The third kappa shape index (κ3) is 3.98. The van der Waals surface area contributed by atoms with E-state index in [-0.39, 0.29) is 17.4 Å². The van der Waals surface area contributed by atoms with Gasteiger partial charge in [-0.25, -0.2) is 0 Å². The van der Waals surface area contributed by atoms with E-state index in [2.05, 4.69) is 47.0 Å². The molecule has 2 nitrogen and oxygen atoms in total. The lowest BCUT2D eigenvalue weighted by molar-refractivity contribution is -0.0778. The van der Waals surface area contributed by atoms with Crippen molar-refractivity contribution in [3.63, 3.8) is 0 Å². The highest BCUT2D eigenvalue weighted by Crippen LogP contribution is 2.68. The summed E-state index contributed by atoms with van der Waals surface area (Å²) in [6.45, 7) is 12.3. The molecule has 9 atom stereocenters. The van der Waals surface area contributed by atoms with E-state index in [4.69, 9.17) is 0 Å². The molecule has 0 amide bonds. The molecular formula is C29H47O2. The van der Waals surface area contributed by atoms with Gasteiger partial charge in [-0.1, -0.05) is 65.5 Å². The summed E-state index contributed by atoms with van der Waals surface area (Å²) in [5.74, 6) is 5.12. The van der Waals surface area contributed by atoms with Gasteiger partial charge in [-0.05, 0) is 97.2 Å². The van der Waals surface area contributed by atoms with Gasteiger partial charge in [0.1, 0.15) is 0 Å². The van der Waals surface area contributed by atoms with Crippen LogP contribution in [0.3, 0.4) is 0 Å². The zero-order chi connectivity index (χ0) is 22.4. The number of rotatable bonds is 7. The Morgan fingerprint density at radius 3 is 2.61 bits per heavy atom. The highest BCUT2D eigenvalue weighted by atomic mass is 16.3. The van der Waals surface area contributed by atoms with Crippen LogP contribution in [0.5, 0.6) is 0 Å². The molecule has 1 N–H and O–H groups in total. The van der Waals surface area contributed by atoms with E-state index < -0.39 is 0 Å². The van der Waals surface area contributed by atoms with E-state index >= 15 is 0 Å². The maximum atomic E-state index is 11.4. The molecule has 0 bridgehead atoms. The normalized spacial score (nSPS) is 45.5. The Bertz CT molecular complexity index is 680. The van der Waals surface area contributed by atoms with Crippen LogP contribution in [0.1, 0.15) is 105 Å². The molecule has 4 aliphatic carbocycles. The highest BCUT2D eigenvalue weighted by Gasteiger charge is 2.60. The lowest BCUT2D eigenvalue weighted by Crippen LogP contribution is -2.54. The molecule has 0 aromatic heterocycles. The Kier molecular flexibility index (Phi) is 6.80. The van der Waals surface area contributed by atoms with Gasteiger partial charge in [0.2, 0.25) is 0 Å². The maximum absolute atomic E-state index is 11.4. The largest absolute Gasteiger partial charge is 0.393 e. The van der Waals surface area contributed by atoms with E-state index in [0.717, 1.165) is 42.4 Å². The molecular weight excluding hydrogens is 380 g/mol. The van der Waals surface area contributed by atoms with E-state index in [1.54, 1.807) is 0 Å². The van der Waals surface area contributed by atoms with Crippen LogP contribution in [0.25, 0.3) is 0 Å². The predicted octanol–water partition coefficient (Wildman–Crippen LogP) is 7.11. The Morgan fingerprint density at radius 2 is 1.90 bits per heavy atom. The molecule has 31 heavy (non-hydrogen) atoms. The molecule has 0 aliphatic heterocycles. The smallest absolute Gasteiger partial charge is 0.198 e. The van der Waals surface area contributed by atoms with Gasteiger partial charge in [-0.3, -0.25) is 4.79 Å². The van der Waals surface area contributed by atoms with E-state index in [1.165, 1.54) is 56.9 Å². The molecule has 0 aromatic carbocycles. The first-order valence-electron chi connectivity index (χ1n) is 13.4. The minimum Gasteiger partial charge on any atom is -0.393 e. The number of hydrogen-bond donors (Lipinski definition) is 1. The van der Waals surface area contributed by atoms with Crippen molar-refractivity contribution < 1.29 is 9.90 Å². The summed E-state index contributed by atoms with van der Waals surface area (Å²) in [6.07, 6.45) is 17.4. The summed E-state index contributed by atoms with van der Waals surface area (Å²) in [5, 5.41) is 10.5. The van der Waals surface area contributed by atoms with E-state index in [1.807, 2.05) is 0 Å². The molecule has 1 unspecified atom stereocenters. The molecule has 0 heterocycles. The summed E-state index contributed by atoms with van der Waals surface area (Å²) >= 11 is 0. The second-order valence-corrected chi connectivity index (χ2v) is 12.8. The van der Waals surface area contributed by atoms with Crippen molar-refractivity contribution in [2.24, 2.45) is 52.3 Å². The van der Waals surface area contributed by atoms with Crippen molar-refractivity contribution in [3.05, 3.63) is 11.6 Å². The van der Waals surface area contributed by atoms with Crippen LogP contribution >= 0.6 is 0 Å². The second kappa shape index (κ2) is 8.96. The molecule has 3 fully saturated rings. The molecule has 4 rings (SSSR count). The second-order valence-electron chi connectivity index (χ2n) is 12.8. The third-order valence-electron chi connectivity index (χ3n) is 10.9. The average molecular weight is 428 g/mol. The first kappa shape index (κ1) is 23.5. The fourth-order valence-corrected chi connectivity index (χ4v) is 9.30. The fraction of sp³-hybridized carbons (Fsp3) is 0.897.